The van der Waals surface area contributed by atoms with Gasteiger partial charge in [0.2, 0.25) is 0 Å². The number of hydrogen-bond donors (Lipinski definition) is 3. The second kappa shape index (κ2) is 4.55. The Kier molecular flexibility index (Phi) is 3.26. The number of hydrogen-bond acceptors (Lipinski definition) is 2. The van der Waals surface area contributed by atoms with E-state index in [4.69, 9.17) is 0 Å². The molecule has 17 heavy (non-hydrogen) atoms. The molecule has 3 N–H and O–H groups in total. The minimum absolute atomic E-state index is 0.226. The molecule has 0 aromatic carbocycles. The summed E-state index contributed by atoms with van der Waals surface area (Å²) >= 11 is 0. The summed E-state index contributed by atoms with van der Waals surface area (Å²) in [5, 5.41) is 14.8. The average Bonchev–Trinajstić information content (AvgIpc) is 2.95. The predicted octanol–water partition coefficient (Wildman–Crippen LogP) is 1.48. The maximum atomic E-state index is 11.7. The van der Waals surface area contributed by atoms with Gasteiger partial charge in [0, 0.05) is 6.04 Å². The molecular weight excluding hydrogens is 220 g/mol. The highest BCUT2D eigenvalue weighted by atomic mass is 16.4. The summed E-state index contributed by atoms with van der Waals surface area (Å²) in [6.07, 6.45) is 4.86. The molecule has 0 aromatic rings. The zero-order valence-electron chi connectivity index (χ0n) is 10.2. The van der Waals surface area contributed by atoms with Crippen LogP contribution in [0.1, 0.15) is 45.4 Å². The van der Waals surface area contributed by atoms with Gasteiger partial charge in [0.1, 0.15) is 5.54 Å². The fourth-order valence-corrected chi connectivity index (χ4v) is 2.49. The molecule has 2 saturated carbocycles. The summed E-state index contributed by atoms with van der Waals surface area (Å²) in [7, 11) is 0. The number of rotatable bonds is 3. The molecule has 5 nitrogen and oxygen atoms in total. The van der Waals surface area contributed by atoms with E-state index < -0.39 is 11.5 Å². The third kappa shape index (κ3) is 2.70. The zero-order chi connectivity index (χ0) is 12.5. The molecule has 2 fully saturated rings. The number of carbonyl (C=O) groups is 2. The van der Waals surface area contributed by atoms with Gasteiger partial charge >= 0.3 is 12.0 Å². The minimum atomic E-state index is -1.04. The Balaban J connectivity index is 1.92. The van der Waals surface area contributed by atoms with Crippen molar-refractivity contribution in [2.45, 2.75) is 57.0 Å². The number of carboxylic acid groups (broad SMARTS) is 1. The van der Waals surface area contributed by atoms with E-state index >= 15 is 0 Å². The number of nitrogens with one attached hydrogen (secondary N) is 2. The third-order valence-corrected chi connectivity index (χ3v) is 3.90. The van der Waals surface area contributed by atoms with Gasteiger partial charge in [-0.15, -0.1) is 0 Å². The highest BCUT2D eigenvalue weighted by Gasteiger charge is 2.42. The predicted molar refractivity (Wildman–Crippen MR) is 62.7 cm³/mol. The number of aliphatic carboxylic acids is 1. The molecule has 5 heteroatoms. The Morgan fingerprint density at radius 2 is 1.82 bits per heavy atom. The monoisotopic (exact) mass is 240 g/mol. The van der Waals surface area contributed by atoms with Crippen molar-refractivity contribution in [1.29, 1.82) is 0 Å². The molecule has 0 radical (unpaired) electrons. The van der Waals surface area contributed by atoms with Crippen LogP contribution in [0.15, 0.2) is 0 Å². The zero-order valence-corrected chi connectivity index (χ0v) is 10.2. The van der Waals surface area contributed by atoms with E-state index in [1.807, 2.05) is 0 Å². The van der Waals surface area contributed by atoms with Crippen LogP contribution in [-0.4, -0.2) is 28.7 Å². The second-order valence-corrected chi connectivity index (χ2v) is 5.37. The second-order valence-electron chi connectivity index (χ2n) is 5.37. The third-order valence-electron chi connectivity index (χ3n) is 3.90. The van der Waals surface area contributed by atoms with E-state index in [0.717, 1.165) is 25.7 Å². The molecular formula is C12H20N2O3. The summed E-state index contributed by atoms with van der Waals surface area (Å²) in [4.78, 5) is 23.1. The van der Waals surface area contributed by atoms with Gasteiger partial charge < -0.3 is 15.7 Å². The standard InChI is InChI=1S/C12H20N2O3/c1-8-7-9(8)13-11(17)14-12(10(15)16)5-3-2-4-6-12/h8-9H,2-7H2,1H3,(H,15,16)(H2,13,14,17). The first-order valence-electron chi connectivity index (χ1n) is 6.35. The van der Waals surface area contributed by atoms with Gasteiger partial charge in [-0.1, -0.05) is 26.2 Å². The normalized spacial score (nSPS) is 30.4. The van der Waals surface area contributed by atoms with Gasteiger partial charge in [-0.05, 0) is 25.2 Å². The largest absolute Gasteiger partial charge is 0.480 e. The van der Waals surface area contributed by atoms with E-state index in [1.165, 1.54) is 0 Å². The van der Waals surface area contributed by atoms with Crippen molar-refractivity contribution >= 4 is 12.0 Å². The van der Waals surface area contributed by atoms with E-state index in [2.05, 4.69) is 17.6 Å². The first kappa shape index (κ1) is 12.2. The summed E-state index contributed by atoms with van der Waals surface area (Å²) in [6.45, 7) is 2.07. The molecule has 0 spiro atoms. The van der Waals surface area contributed by atoms with Crippen LogP contribution in [-0.2, 0) is 4.79 Å². The van der Waals surface area contributed by atoms with E-state index in [1.54, 1.807) is 0 Å². The molecule has 2 aliphatic carbocycles. The number of urea groups is 1. The Morgan fingerprint density at radius 3 is 2.29 bits per heavy atom. The van der Waals surface area contributed by atoms with Crippen LogP contribution in [0.3, 0.4) is 0 Å². The lowest BCUT2D eigenvalue weighted by Gasteiger charge is -2.33. The first-order chi connectivity index (χ1) is 8.03. The smallest absolute Gasteiger partial charge is 0.329 e. The van der Waals surface area contributed by atoms with Crippen LogP contribution >= 0.6 is 0 Å². The topological polar surface area (TPSA) is 78.4 Å². The highest BCUT2D eigenvalue weighted by molar-refractivity contribution is 5.86. The van der Waals surface area contributed by atoms with Crippen molar-refractivity contribution in [3.63, 3.8) is 0 Å². The molecule has 2 atom stereocenters. The van der Waals surface area contributed by atoms with Gasteiger partial charge in [-0.3, -0.25) is 0 Å². The Bertz CT molecular complexity index is 324. The van der Waals surface area contributed by atoms with Crippen molar-refractivity contribution in [3.8, 4) is 0 Å². The molecule has 2 rings (SSSR count). The van der Waals surface area contributed by atoms with Crippen molar-refractivity contribution in [2.75, 3.05) is 0 Å². The van der Waals surface area contributed by atoms with Gasteiger partial charge in [-0.25, -0.2) is 9.59 Å². The van der Waals surface area contributed by atoms with Crippen molar-refractivity contribution in [3.05, 3.63) is 0 Å². The first-order valence-corrected chi connectivity index (χ1v) is 6.35. The maximum absolute atomic E-state index is 11.7. The van der Waals surface area contributed by atoms with Crippen LogP contribution in [0.2, 0.25) is 0 Å². The van der Waals surface area contributed by atoms with Crippen LogP contribution < -0.4 is 10.6 Å². The molecule has 96 valence electrons. The lowest BCUT2D eigenvalue weighted by atomic mass is 9.82. The molecule has 0 bridgehead atoms. The van der Waals surface area contributed by atoms with Crippen LogP contribution in [0.25, 0.3) is 0 Å². The van der Waals surface area contributed by atoms with Gasteiger partial charge in [0.25, 0.3) is 0 Å². The van der Waals surface area contributed by atoms with Crippen LogP contribution in [0.5, 0.6) is 0 Å². The lowest BCUT2D eigenvalue weighted by Crippen LogP contribution is -2.58. The van der Waals surface area contributed by atoms with E-state index in [9.17, 15) is 14.7 Å². The number of carboxylic acids is 1. The summed E-state index contributed by atoms with van der Waals surface area (Å²) < 4.78 is 0. The van der Waals surface area contributed by atoms with Crippen molar-refractivity contribution in [1.82, 2.24) is 10.6 Å². The Morgan fingerprint density at radius 1 is 1.24 bits per heavy atom. The molecule has 0 aromatic heterocycles. The van der Waals surface area contributed by atoms with E-state index in [-0.39, 0.29) is 12.1 Å². The quantitative estimate of drug-likeness (QED) is 0.699. The Labute approximate surface area is 101 Å². The SMILES string of the molecule is CC1CC1NC(=O)NC1(C(=O)O)CCCCC1. The van der Waals surface area contributed by atoms with E-state index in [0.29, 0.717) is 18.8 Å². The minimum Gasteiger partial charge on any atom is -0.480 e. The summed E-state index contributed by atoms with van der Waals surface area (Å²) in [5.74, 6) is -0.385. The number of carbonyl (C=O) groups excluding carboxylic acids is 1. The highest BCUT2D eigenvalue weighted by Crippen LogP contribution is 2.30. The van der Waals surface area contributed by atoms with Gasteiger partial charge in [-0.2, -0.15) is 0 Å². The summed E-state index contributed by atoms with van der Waals surface area (Å²) in [6, 6.07) is -0.104. The molecule has 0 heterocycles. The fourth-order valence-electron chi connectivity index (χ4n) is 2.49. The van der Waals surface area contributed by atoms with Crippen molar-refractivity contribution in [2.24, 2.45) is 5.92 Å². The summed E-state index contributed by atoms with van der Waals surface area (Å²) in [5.41, 5.74) is -1.04. The molecule has 2 aliphatic rings. The lowest BCUT2D eigenvalue weighted by molar-refractivity contribution is -0.145. The molecule has 2 amide bonds. The van der Waals surface area contributed by atoms with Crippen molar-refractivity contribution < 1.29 is 14.7 Å². The van der Waals surface area contributed by atoms with Crippen LogP contribution in [0.4, 0.5) is 4.79 Å². The van der Waals surface area contributed by atoms with Gasteiger partial charge in [0.05, 0.1) is 0 Å². The Hall–Kier alpha value is -1.26. The maximum Gasteiger partial charge on any atom is 0.329 e. The molecule has 0 saturated heterocycles. The average molecular weight is 240 g/mol. The fraction of sp³-hybridized carbons (Fsp3) is 0.833. The van der Waals surface area contributed by atoms with Gasteiger partial charge in [0.15, 0.2) is 0 Å². The van der Waals surface area contributed by atoms with Crippen LogP contribution in [0, 0.1) is 5.92 Å². The number of amides is 2. The molecule has 2 unspecified atom stereocenters. The molecule has 0 aliphatic heterocycles.